The number of hydrogen-bond donors (Lipinski definition) is 4. The van der Waals surface area contributed by atoms with Crippen LogP contribution in [0.4, 0.5) is 5.95 Å². The summed E-state index contributed by atoms with van der Waals surface area (Å²) in [5.41, 5.74) is 4.93. The zero-order chi connectivity index (χ0) is 13.4. The Bertz CT molecular complexity index is 503. The molecule has 0 spiro atoms. The minimum Gasteiger partial charge on any atom is -0.394 e. The van der Waals surface area contributed by atoms with Gasteiger partial charge in [0, 0.05) is 13.2 Å². The first kappa shape index (κ1) is 13.0. The van der Waals surface area contributed by atoms with Crippen LogP contribution in [0.3, 0.4) is 0 Å². The Morgan fingerprint density at radius 3 is 2.72 bits per heavy atom. The van der Waals surface area contributed by atoms with Crippen LogP contribution >= 0.6 is 0 Å². The van der Waals surface area contributed by atoms with Gasteiger partial charge in [0.1, 0.15) is 24.4 Å². The van der Waals surface area contributed by atoms with E-state index in [-0.39, 0.29) is 11.5 Å². The van der Waals surface area contributed by atoms with Gasteiger partial charge in [-0.05, 0) is 0 Å². The van der Waals surface area contributed by atoms with Crippen LogP contribution in [0.25, 0.3) is 0 Å². The minimum atomic E-state index is -1.29. The lowest BCUT2D eigenvalue weighted by Gasteiger charge is -2.15. The average Bonchev–Trinajstić information content (AvgIpc) is 2.61. The van der Waals surface area contributed by atoms with Crippen molar-refractivity contribution >= 4 is 5.95 Å². The second-order valence-corrected chi connectivity index (χ2v) is 4.23. The summed E-state index contributed by atoms with van der Waals surface area (Å²) >= 11 is 0. The van der Waals surface area contributed by atoms with Gasteiger partial charge >= 0.3 is 0 Å². The standard InChI is InChI=1S/C10H15N3O5/c1-13-2-4(9(17)12-10(13)11)8-7(16)6(15)5(3-14)18-8/h2,5-8,14-16H,3H2,1H3,(H2,11,12,17)/t5-,6-,7-,8+/m1/s1. The Labute approximate surface area is 102 Å². The van der Waals surface area contributed by atoms with Crippen LogP contribution in [0.15, 0.2) is 11.0 Å². The summed E-state index contributed by atoms with van der Waals surface area (Å²) < 4.78 is 6.66. The number of anilines is 1. The summed E-state index contributed by atoms with van der Waals surface area (Å²) in [5, 5.41) is 28.4. The molecule has 0 unspecified atom stereocenters. The van der Waals surface area contributed by atoms with Crippen LogP contribution in [-0.4, -0.2) is 49.8 Å². The molecule has 0 saturated carbocycles. The van der Waals surface area contributed by atoms with Crippen molar-refractivity contribution < 1.29 is 20.1 Å². The molecular weight excluding hydrogens is 242 g/mol. The second-order valence-electron chi connectivity index (χ2n) is 4.23. The van der Waals surface area contributed by atoms with E-state index in [9.17, 15) is 15.0 Å². The maximum absolute atomic E-state index is 11.7. The van der Waals surface area contributed by atoms with E-state index in [1.807, 2.05) is 0 Å². The number of nitrogens with two attached hydrogens (primary N) is 1. The Kier molecular flexibility index (Phi) is 3.35. The number of aryl methyl sites for hydroxylation is 1. The first-order chi connectivity index (χ1) is 8.45. The highest BCUT2D eigenvalue weighted by atomic mass is 16.6. The maximum atomic E-state index is 11.7. The molecule has 8 nitrogen and oxygen atoms in total. The van der Waals surface area contributed by atoms with Gasteiger partial charge in [-0.1, -0.05) is 0 Å². The molecule has 4 atom stereocenters. The summed E-state index contributed by atoms with van der Waals surface area (Å²) in [5.74, 6) is 0.0375. The zero-order valence-corrected chi connectivity index (χ0v) is 9.72. The number of nitrogen functional groups attached to an aromatic ring is 1. The third-order valence-electron chi connectivity index (χ3n) is 3.01. The highest BCUT2D eigenvalue weighted by Gasteiger charge is 2.44. The van der Waals surface area contributed by atoms with Crippen molar-refractivity contribution in [2.24, 2.45) is 7.05 Å². The zero-order valence-electron chi connectivity index (χ0n) is 9.72. The average molecular weight is 257 g/mol. The maximum Gasteiger partial charge on any atom is 0.280 e. The van der Waals surface area contributed by atoms with Crippen molar-refractivity contribution in [3.63, 3.8) is 0 Å². The highest BCUT2D eigenvalue weighted by molar-refractivity contribution is 5.23. The topological polar surface area (TPSA) is 131 Å². The number of ether oxygens (including phenoxy) is 1. The molecule has 0 aliphatic carbocycles. The van der Waals surface area contributed by atoms with E-state index in [4.69, 9.17) is 15.6 Å². The molecule has 18 heavy (non-hydrogen) atoms. The van der Waals surface area contributed by atoms with Crippen molar-refractivity contribution in [2.45, 2.75) is 24.4 Å². The van der Waals surface area contributed by atoms with Gasteiger partial charge < -0.3 is 30.4 Å². The lowest BCUT2D eigenvalue weighted by atomic mass is 10.0. The first-order valence-corrected chi connectivity index (χ1v) is 5.41. The minimum absolute atomic E-state index is 0.0375. The molecule has 0 bridgehead atoms. The number of aliphatic hydroxyl groups is 3. The van der Waals surface area contributed by atoms with Gasteiger partial charge in [0.15, 0.2) is 0 Å². The van der Waals surface area contributed by atoms with E-state index >= 15 is 0 Å². The second kappa shape index (κ2) is 4.65. The van der Waals surface area contributed by atoms with Crippen LogP contribution in [0, 0.1) is 0 Å². The number of nitrogens with zero attached hydrogens (tertiary/aromatic N) is 2. The molecule has 2 heterocycles. The summed E-state index contributed by atoms with van der Waals surface area (Å²) in [7, 11) is 1.59. The fraction of sp³-hybridized carbons (Fsp3) is 0.600. The third kappa shape index (κ3) is 1.99. The quantitative estimate of drug-likeness (QED) is 0.461. The highest BCUT2D eigenvalue weighted by Crippen LogP contribution is 2.31. The molecule has 100 valence electrons. The van der Waals surface area contributed by atoms with E-state index < -0.39 is 36.6 Å². The molecule has 0 aromatic carbocycles. The molecule has 1 aliphatic rings. The number of hydrogen-bond acceptors (Lipinski definition) is 7. The molecule has 2 rings (SSSR count). The van der Waals surface area contributed by atoms with Crippen LogP contribution in [0.2, 0.25) is 0 Å². The van der Waals surface area contributed by atoms with Gasteiger partial charge in [-0.15, -0.1) is 0 Å². The van der Waals surface area contributed by atoms with Gasteiger partial charge in [0.25, 0.3) is 5.56 Å². The van der Waals surface area contributed by atoms with Crippen molar-refractivity contribution in [3.8, 4) is 0 Å². The van der Waals surface area contributed by atoms with Crippen LogP contribution < -0.4 is 11.3 Å². The summed E-state index contributed by atoms with van der Waals surface area (Å²) in [6, 6.07) is 0. The Morgan fingerprint density at radius 2 is 2.17 bits per heavy atom. The number of rotatable bonds is 2. The predicted octanol–water partition coefficient (Wildman–Crippen LogP) is -2.48. The van der Waals surface area contributed by atoms with Crippen LogP contribution in [0.5, 0.6) is 0 Å². The molecular formula is C10H15N3O5. The van der Waals surface area contributed by atoms with Gasteiger partial charge in [0.05, 0.1) is 12.2 Å². The Balaban J connectivity index is 2.39. The summed E-state index contributed by atoms with van der Waals surface area (Å²) in [4.78, 5) is 15.3. The van der Waals surface area contributed by atoms with E-state index in [0.29, 0.717) is 0 Å². The van der Waals surface area contributed by atoms with E-state index in [1.54, 1.807) is 7.05 Å². The molecule has 0 amide bonds. The van der Waals surface area contributed by atoms with E-state index in [1.165, 1.54) is 10.8 Å². The Morgan fingerprint density at radius 1 is 1.50 bits per heavy atom. The van der Waals surface area contributed by atoms with Crippen molar-refractivity contribution in [3.05, 3.63) is 22.1 Å². The van der Waals surface area contributed by atoms with Crippen LogP contribution in [-0.2, 0) is 11.8 Å². The lowest BCUT2D eigenvalue weighted by molar-refractivity contribution is -0.0233. The van der Waals surface area contributed by atoms with Gasteiger partial charge in [0.2, 0.25) is 5.95 Å². The fourth-order valence-electron chi connectivity index (χ4n) is 1.93. The van der Waals surface area contributed by atoms with Gasteiger partial charge in [-0.3, -0.25) is 4.79 Å². The smallest absolute Gasteiger partial charge is 0.280 e. The number of aromatic nitrogens is 2. The first-order valence-electron chi connectivity index (χ1n) is 5.41. The number of aliphatic hydroxyl groups excluding tert-OH is 3. The molecule has 1 aliphatic heterocycles. The molecule has 0 radical (unpaired) electrons. The lowest BCUT2D eigenvalue weighted by Crippen LogP contribution is -2.33. The largest absolute Gasteiger partial charge is 0.394 e. The van der Waals surface area contributed by atoms with Gasteiger partial charge in [-0.2, -0.15) is 4.98 Å². The summed E-state index contributed by atoms with van der Waals surface area (Å²) in [6.45, 7) is -0.447. The SMILES string of the molecule is Cn1cc([C@@H]2O[C@H](CO)[C@@H](O)[C@H]2O)c(=O)nc1N. The van der Waals surface area contributed by atoms with Gasteiger partial charge in [-0.25, -0.2) is 0 Å². The molecule has 1 aromatic rings. The third-order valence-corrected chi connectivity index (χ3v) is 3.01. The Hall–Kier alpha value is -1.48. The predicted molar refractivity (Wildman–Crippen MR) is 60.6 cm³/mol. The summed E-state index contributed by atoms with van der Waals surface area (Å²) in [6.07, 6.45) is -3.09. The van der Waals surface area contributed by atoms with Crippen molar-refractivity contribution in [1.82, 2.24) is 9.55 Å². The molecule has 5 N–H and O–H groups in total. The fourth-order valence-corrected chi connectivity index (χ4v) is 1.93. The van der Waals surface area contributed by atoms with Crippen molar-refractivity contribution in [1.29, 1.82) is 0 Å². The molecule has 1 aromatic heterocycles. The van der Waals surface area contributed by atoms with Crippen LogP contribution in [0.1, 0.15) is 11.7 Å². The van der Waals surface area contributed by atoms with E-state index in [0.717, 1.165) is 0 Å². The normalized spacial score (nSPS) is 31.8. The molecule has 1 fully saturated rings. The monoisotopic (exact) mass is 257 g/mol. The molecule has 1 saturated heterocycles. The molecule has 8 heteroatoms. The van der Waals surface area contributed by atoms with Crippen molar-refractivity contribution in [2.75, 3.05) is 12.3 Å². The van der Waals surface area contributed by atoms with E-state index in [2.05, 4.69) is 4.98 Å².